The molecule has 26 heavy (non-hydrogen) atoms. The van der Waals surface area contributed by atoms with Crippen molar-refractivity contribution >= 4 is 21.6 Å². The highest BCUT2D eigenvalue weighted by molar-refractivity contribution is 7.89. The molecule has 2 aromatic rings. The van der Waals surface area contributed by atoms with Gasteiger partial charge in [0.25, 0.3) is 5.91 Å². The van der Waals surface area contributed by atoms with Crippen molar-refractivity contribution < 1.29 is 13.2 Å². The second-order valence-electron chi connectivity index (χ2n) is 6.80. The second kappa shape index (κ2) is 8.01. The number of benzene rings is 2. The lowest BCUT2D eigenvalue weighted by Crippen LogP contribution is -2.36. The van der Waals surface area contributed by atoms with E-state index in [1.807, 2.05) is 25.1 Å². The first-order valence-corrected chi connectivity index (χ1v) is 10.4. The molecule has 1 fully saturated rings. The Morgan fingerprint density at radius 2 is 1.69 bits per heavy atom. The van der Waals surface area contributed by atoms with Crippen LogP contribution in [0.25, 0.3) is 0 Å². The van der Waals surface area contributed by atoms with Gasteiger partial charge < -0.3 is 5.32 Å². The molecule has 0 radical (unpaired) electrons. The van der Waals surface area contributed by atoms with Crippen LogP contribution in [0.3, 0.4) is 0 Å². The van der Waals surface area contributed by atoms with E-state index in [2.05, 4.69) is 10.0 Å². The average molecular weight is 372 g/mol. The maximum atomic E-state index is 12.5. The largest absolute Gasteiger partial charge is 0.322 e. The van der Waals surface area contributed by atoms with Crippen LogP contribution < -0.4 is 10.0 Å². The van der Waals surface area contributed by atoms with Crippen molar-refractivity contribution in [3.8, 4) is 0 Å². The molecule has 0 unspecified atom stereocenters. The van der Waals surface area contributed by atoms with E-state index in [1.165, 1.54) is 18.6 Å². The summed E-state index contributed by atoms with van der Waals surface area (Å²) in [7, 11) is -3.53. The van der Waals surface area contributed by atoms with Gasteiger partial charge in [-0.05, 0) is 56.2 Å². The number of anilines is 1. The van der Waals surface area contributed by atoms with Crippen LogP contribution in [0, 0.1) is 6.92 Å². The zero-order valence-electron chi connectivity index (χ0n) is 14.9. The van der Waals surface area contributed by atoms with Gasteiger partial charge in [0.1, 0.15) is 0 Å². The number of amides is 1. The molecule has 1 aliphatic rings. The summed E-state index contributed by atoms with van der Waals surface area (Å²) in [5.41, 5.74) is 2.14. The van der Waals surface area contributed by atoms with E-state index in [0.717, 1.165) is 31.2 Å². The molecule has 6 heteroatoms. The minimum atomic E-state index is -3.53. The van der Waals surface area contributed by atoms with Crippen molar-refractivity contribution in [2.75, 3.05) is 5.32 Å². The van der Waals surface area contributed by atoms with Crippen LogP contribution in [0.5, 0.6) is 0 Å². The number of aryl methyl sites for hydroxylation is 1. The van der Waals surface area contributed by atoms with Gasteiger partial charge in [-0.25, -0.2) is 13.1 Å². The number of rotatable bonds is 5. The van der Waals surface area contributed by atoms with Gasteiger partial charge in [-0.2, -0.15) is 0 Å². The number of sulfonamides is 1. The van der Waals surface area contributed by atoms with Gasteiger partial charge in [0.2, 0.25) is 10.0 Å². The molecule has 1 saturated carbocycles. The third kappa shape index (κ3) is 4.71. The van der Waals surface area contributed by atoms with Gasteiger partial charge in [-0.1, -0.05) is 37.0 Å². The molecule has 0 aliphatic heterocycles. The molecular formula is C20H24N2O3S. The van der Waals surface area contributed by atoms with Gasteiger partial charge >= 0.3 is 0 Å². The van der Waals surface area contributed by atoms with Crippen molar-refractivity contribution in [3.05, 3.63) is 59.7 Å². The highest BCUT2D eigenvalue weighted by atomic mass is 32.2. The smallest absolute Gasteiger partial charge is 0.255 e. The van der Waals surface area contributed by atoms with Crippen LogP contribution in [0.15, 0.2) is 53.4 Å². The summed E-state index contributed by atoms with van der Waals surface area (Å²) in [6.45, 7) is 1.93. The molecule has 0 aromatic heterocycles. The van der Waals surface area contributed by atoms with Crippen LogP contribution in [0.1, 0.15) is 48.0 Å². The fourth-order valence-corrected chi connectivity index (χ4v) is 4.52. The number of hydrogen-bond acceptors (Lipinski definition) is 3. The molecule has 0 heterocycles. The Morgan fingerprint density at radius 1 is 1.00 bits per heavy atom. The Balaban J connectivity index is 1.66. The fourth-order valence-electron chi connectivity index (χ4n) is 3.21. The van der Waals surface area contributed by atoms with Crippen molar-refractivity contribution in [2.45, 2.75) is 50.0 Å². The van der Waals surface area contributed by atoms with E-state index >= 15 is 0 Å². The summed E-state index contributed by atoms with van der Waals surface area (Å²) in [5, 5.41) is 2.79. The summed E-state index contributed by atoms with van der Waals surface area (Å²) in [4.78, 5) is 12.5. The molecular weight excluding hydrogens is 348 g/mol. The lowest BCUT2D eigenvalue weighted by molar-refractivity contribution is 0.102. The molecule has 0 saturated heterocycles. The lowest BCUT2D eigenvalue weighted by Gasteiger charge is -2.22. The quantitative estimate of drug-likeness (QED) is 0.837. The van der Waals surface area contributed by atoms with Crippen LogP contribution in [0.2, 0.25) is 0 Å². The first kappa shape index (κ1) is 18.6. The lowest BCUT2D eigenvalue weighted by atomic mass is 9.96. The molecule has 138 valence electrons. The second-order valence-corrected chi connectivity index (χ2v) is 8.52. The summed E-state index contributed by atoms with van der Waals surface area (Å²) < 4.78 is 27.8. The van der Waals surface area contributed by atoms with E-state index in [9.17, 15) is 13.2 Å². The molecule has 5 nitrogen and oxygen atoms in total. The van der Waals surface area contributed by atoms with E-state index in [1.54, 1.807) is 18.2 Å². The van der Waals surface area contributed by atoms with Crippen molar-refractivity contribution in [1.29, 1.82) is 0 Å². The normalized spacial score (nSPS) is 15.6. The van der Waals surface area contributed by atoms with Crippen molar-refractivity contribution in [2.24, 2.45) is 0 Å². The zero-order chi connectivity index (χ0) is 18.6. The molecule has 2 aromatic carbocycles. The molecule has 1 amide bonds. The minimum Gasteiger partial charge on any atom is -0.322 e. The minimum absolute atomic E-state index is 0.0226. The van der Waals surface area contributed by atoms with Gasteiger partial charge in [0, 0.05) is 17.3 Å². The van der Waals surface area contributed by atoms with Crippen LogP contribution in [0.4, 0.5) is 5.69 Å². The highest BCUT2D eigenvalue weighted by Crippen LogP contribution is 2.21. The van der Waals surface area contributed by atoms with E-state index in [4.69, 9.17) is 0 Å². The SMILES string of the molecule is Cc1cccc(C(=O)Nc2ccc(S(=O)(=O)NC3CCCCC3)cc2)c1. The monoisotopic (exact) mass is 372 g/mol. The number of carbonyl (C=O) groups excluding carboxylic acids is 1. The van der Waals surface area contributed by atoms with Crippen molar-refractivity contribution in [1.82, 2.24) is 4.72 Å². The number of carbonyl (C=O) groups is 1. The molecule has 0 bridgehead atoms. The molecule has 1 aliphatic carbocycles. The summed E-state index contributed by atoms with van der Waals surface area (Å²) in [6.07, 6.45) is 5.09. The Morgan fingerprint density at radius 3 is 2.35 bits per heavy atom. The van der Waals surface area contributed by atoms with Gasteiger partial charge in [-0.3, -0.25) is 4.79 Å². The Bertz CT molecular complexity index is 870. The summed E-state index contributed by atoms with van der Waals surface area (Å²) in [5.74, 6) is -0.218. The third-order valence-electron chi connectivity index (χ3n) is 4.63. The predicted octanol–water partition coefficient (Wildman–Crippen LogP) is 3.86. The molecule has 0 atom stereocenters. The third-order valence-corrected chi connectivity index (χ3v) is 6.17. The number of hydrogen-bond donors (Lipinski definition) is 2. The van der Waals surface area contributed by atoms with E-state index in [-0.39, 0.29) is 16.8 Å². The Kier molecular flexibility index (Phi) is 5.74. The van der Waals surface area contributed by atoms with Gasteiger partial charge in [-0.15, -0.1) is 0 Å². The summed E-state index contributed by atoms with van der Waals surface area (Å²) >= 11 is 0. The number of nitrogens with one attached hydrogen (secondary N) is 2. The van der Waals surface area contributed by atoms with Crippen LogP contribution in [-0.2, 0) is 10.0 Å². The average Bonchev–Trinajstić information content (AvgIpc) is 2.62. The summed E-state index contributed by atoms with van der Waals surface area (Å²) in [6, 6.07) is 13.6. The first-order valence-electron chi connectivity index (χ1n) is 8.94. The molecule has 0 spiro atoms. The van der Waals surface area contributed by atoms with E-state index < -0.39 is 10.0 Å². The fraction of sp³-hybridized carbons (Fsp3) is 0.350. The zero-order valence-corrected chi connectivity index (χ0v) is 15.7. The standard InChI is InChI=1S/C20H24N2O3S/c1-15-6-5-7-16(14-15)20(23)21-17-10-12-19(13-11-17)26(24,25)22-18-8-3-2-4-9-18/h5-7,10-14,18,22H,2-4,8-9H2,1H3,(H,21,23). The van der Waals surface area contributed by atoms with Crippen molar-refractivity contribution in [3.63, 3.8) is 0 Å². The molecule has 3 rings (SSSR count). The maximum Gasteiger partial charge on any atom is 0.255 e. The first-order chi connectivity index (χ1) is 12.4. The predicted molar refractivity (Wildman–Crippen MR) is 103 cm³/mol. The topological polar surface area (TPSA) is 75.3 Å². The Hall–Kier alpha value is -2.18. The van der Waals surface area contributed by atoms with Crippen LogP contribution >= 0.6 is 0 Å². The molecule has 2 N–H and O–H groups in total. The van der Waals surface area contributed by atoms with E-state index in [0.29, 0.717) is 11.3 Å². The van der Waals surface area contributed by atoms with Crippen LogP contribution in [-0.4, -0.2) is 20.4 Å². The van der Waals surface area contributed by atoms with Gasteiger partial charge in [0.05, 0.1) is 4.90 Å². The van der Waals surface area contributed by atoms with Gasteiger partial charge in [0.15, 0.2) is 0 Å². The highest BCUT2D eigenvalue weighted by Gasteiger charge is 2.21. The Labute approximate surface area is 154 Å². The maximum absolute atomic E-state index is 12.5.